The minimum atomic E-state index is -0.279. The van der Waals surface area contributed by atoms with Crippen LogP contribution < -0.4 is 0 Å². The quantitative estimate of drug-likeness (QED) is 0.213. The lowest BCUT2D eigenvalue weighted by atomic mass is 9.79. The normalized spacial score (nSPS) is 15.5. The molecule has 1 fully saturated rings. The van der Waals surface area contributed by atoms with E-state index in [0.29, 0.717) is 19.5 Å². The van der Waals surface area contributed by atoms with Crippen molar-refractivity contribution in [3.8, 4) is 0 Å². The number of benzene rings is 3. The van der Waals surface area contributed by atoms with Crippen LogP contribution in [0.25, 0.3) is 0 Å². The van der Waals surface area contributed by atoms with Crippen LogP contribution >= 0.6 is 0 Å². The number of carbonyl (C=O) groups is 2. The highest BCUT2D eigenvalue weighted by molar-refractivity contribution is 5.95. The lowest BCUT2D eigenvalue weighted by Gasteiger charge is -2.27. The maximum Gasteiger partial charge on any atom is 0.253 e. The lowest BCUT2D eigenvalue weighted by molar-refractivity contribution is -0.131. The summed E-state index contributed by atoms with van der Waals surface area (Å²) < 4.78 is 27.1. The van der Waals surface area contributed by atoms with E-state index in [1.165, 1.54) is 24.3 Å². The van der Waals surface area contributed by atoms with Gasteiger partial charge in [-0.3, -0.25) is 9.59 Å². The predicted octanol–water partition coefficient (Wildman–Crippen LogP) is 9.02. The van der Waals surface area contributed by atoms with Crippen LogP contribution in [0.2, 0.25) is 0 Å². The molecule has 4 rings (SSSR count). The highest BCUT2D eigenvalue weighted by Gasteiger charge is 2.32. The molecule has 0 unspecified atom stereocenters. The fraction of sp³-hybridized carbons (Fsp3) is 0.487. The number of nitrogens with zero attached hydrogens (tertiary/aromatic N) is 2. The van der Waals surface area contributed by atoms with E-state index >= 15 is 0 Å². The van der Waals surface area contributed by atoms with Crippen molar-refractivity contribution in [2.24, 2.45) is 0 Å². The van der Waals surface area contributed by atoms with Crippen LogP contribution in [-0.2, 0) is 15.6 Å². The third-order valence-corrected chi connectivity index (χ3v) is 9.23. The smallest absolute Gasteiger partial charge is 0.253 e. The van der Waals surface area contributed by atoms with Gasteiger partial charge in [-0.2, -0.15) is 0 Å². The molecular formula is C39H50F2N2O2. The fourth-order valence-corrected chi connectivity index (χ4v) is 6.14. The summed E-state index contributed by atoms with van der Waals surface area (Å²) >= 11 is 0. The summed E-state index contributed by atoms with van der Waals surface area (Å²) in [6.07, 6.45) is 4.61. The zero-order chi connectivity index (χ0) is 32.9. The SMILES string of the molecule is CN(C(=O)CCCCCC(c1ccc(F)cc1)c1ccc(F)cc1)[C@@H]1CCN(C(=O)c2cc(C(C)(C)C)cc(C(C)(C)C)c2)C1. The minimum absolute atomic E-state index is 0.00988. The van der Waals surface area contributed by atoms with E-state index in [4.69, 9.17) is 0 Å². The molecule has 0 bridgehead atoms. The van der Waals surface area contributed by atoms with Gasteiger partial charge in [0.1, 0.15) is 11.6 Å². The van der Waals surface area contributed by atoms with Gasteiger partial charge in [0.05, 0.1) is 6.04 Å². The van der Waals surface area contributed by atoms with Gasteiger partial charge in [-0.15, -0.1) is 0 Å². The van der Waals surface area contributed by atoms with E-state index < -0.39 is 0 Å². The van der Waals surface area contributed by atoms with Crippen LogP contribution in [0.3, 0.4) is 0 Å². The van der Waals surface area contributed by atoms with Crippen molar-refractivity contribution in [1.82, 2.24) is 9.80 Å². The molecule has 0 N–H and O–H groups in total. The first-order chi connectivity index (χ1) is 21.1. The molecule has 0 radical (unpaired) electrons. The van der Waals surface area contributed by atoms with Crippen molar-refractivity contribution in [3.05, 3.63) is 106 Å². The number of likely N-dealkylation sites (tertiary alicyclic amines) is 1. The maximum atomic E-state index is 13.7. The summed E-state index contributed by atoms with van der Waals surface area (Å²) in [7, 11) is 1.86. The third kappa shape index (κ3) is 9.02. The monoisotopic (exact) mass is 616 g/mol. The molecule has 6 heteroatoms. The first-order valence-electron chi connectivity index (χ1n) is 16.4. The third-order valence-electron chi connectivity index (χ3n) is 9.23. The van der Waals surface area contributed by atoms with Gasteiger partial charge in [0.25, 0.3) is 5.91 Å². The molecule has 0 spiro atoms. The van der Waals surface area contributed by atoms with Gasteiger partial charge in [0.2, 0.25) is 5.91 Å². The molecule has 0 aliphatic carbocycles. The number of rotatable bonds is 10. The van der Waals surface area contributed by atoms with Crippen molar-refractivity contribution in [3.63, 3.8) is 0 Å². The summed E-state index contributed by atoms with van der Waals surface area (Å²) in [5, 5.41) is 0. The van der Waals surface area contributed by atoms with Gasteiger partial charge in [0, 0.05) is 38.0 Å². The van der Waals surface area contributed by atoms with Crippen LogP contribution in [0.4, 0.5) is 8.78 Å². The van der Waals surface area contributed by atoms with Crippen molar-refractivity contribution in [2.75, 3.05) is 20.1 Å². The van der Waals surface area contributed by atoms with Crippen LogP contribution in [0.15, 0.2) is 66.7 Å². The van der Waals surface area contributed by atoms with Gasteiger partial charge in [-0.25, -0.2) is 8.78 Å². The Kier molecular flexibility index (Phi) is 10.9. The van der Waals surface area contributed by atoms with Crippen molar-refractivity contribution in [2.45, 2.75) is 103 Å². The second-order valence-electron chi connectivity index (χ2n) is 14.8. The highest BCUT2D eigenvalue weighted by atomic mass is 19.1. The average molecular weight is 617 g/mol. The molecule has 1 aliphatic heterocycles. The van der Waals surface area contributed by atoms with Gasteiger partial charge < -0.3 is 9.80 Å². The number of amides is 2. The summed E-state index contributed by atoms with van der Waals surface area (Å²) in [5.41, 5.74) is 4.89. The zero-order valence-corrected chi connectivity index (χ0v) is 28.1. The van der Waals surface area contributed by atoms with E-state index in [-0.39, 0.29) is 46.2 Å². The molecule has 1 aliphatic rings. The van der Waals surface area contributed by atoms with E-state index in [9.17, 15) is 18.4 Å². The number of carbonyl (C=O) groups excluding carboxylic acids is 2. The second kappa shape index (κ2) is 14.3. The van der Waals surface area contributed by atoms with Gasteiger partial charge in [0.15, 0.2) is 0 Å². The first kappa shape index (κ1) is 34.3. The van der Waals surface area contributed by atoms with Gasteiger partial charge in [-0.1, -0.05) is 84.7 Å². The molecule has 242 valence electrons. The Morgan fingerprint density at radius 3 is 1.80 bits per heavy atom. The number of unbranched alkanes of at least 4 members (excludes halogenated alkanes) is 2. The molecule has 0 saturated carbocycles. The molecule has 45 heavy (non-hydrogen) atoms. The number of hydrogen-bond donors (Lipinski definition) is 0. The van der Waals surface area contributed by atoms with E-state index in [0.717, 1.165) is 59.9 Å². The molecule has 3 aromatic rings. The first-order valence-corrected chi connectivity index (χ1v) is 16.4. The largest absolute Gasteiger partial charge is 0.341 e. The number of halogens is 2. The number of hydrogen-bond acceptors (Lipinski definition) is 2. The summed E-state index contributed by atoms with van der Waals surface area (Å²) in [5.74, 6) is -0.383. The molecule has 1 saturated heterocycles. The minimum Gasteiger partial charge on any atom is -0.341 e. The predicted molar refractivity (Wildman–Crippen MR) is 179 cm³/mol. The Balaban J connectivity index is 1.30. The van der Waals surface area contributed by atoms with Crippen molar-refractivity contribution < 1.29 is 18.4 Å². The Bertz CT molecular complexity index is 1370. The Hall–Kier alpha value is -3.54. The molecule has 3 aromatic carbocycles. The topological polar surface area (TPSA) is 40.6 Å². The van der Waals surface area contributed by atoms with Crippen molar-refractivity contribution >= 4 is 11.8 Å². The highest BCUT2D eigenvalue weighted by Crippen LogP contribution is 2.32. The molecular weight excluding hydrogens is 566 g/mol. The molecule has 2 amide bonds. The summed E-state index contributed by atoms with van der Waals surface area (Å²) in [6, 6.07) is 19.3. The molecule has 1 heterocycles. The molecule has 1 atom stereocenters. The van der Waals surface area contributed by atoms with Crippen LogP contribution in [0.5, 0.6) is 0 Å². The zero-order valence-electron chi connectivity index (χ0n) is 28.1. The average Bonchev–Trinajstić information content (AvgIpc) is 3.48. The Morgan fingerprint density at radius 2 is 1.31 bits per heavy atom. The fourth-order valence-electron chi connectivity index (χ4n) is 6.14. The summed E-state index contributed by atoms with van der Waals surface area (Å²) in [6.45, 7) is 14.2. The number of likely N-dealkylation sites (N-methyl/N-ethyl adjacent to an activating group) is 1. The van der Waals surface area contributed by atoms with Gasteiger partial charge >= 0.3 is 0 Å². The van der Waals surface area contributed by atoms with Crippen LogP contribution in [0, 0.1) is 11.6 Å². The van der Waals surface area contributed by atoms with Crippen molar-refractivity contribution in [1.29, 1.82) is 0 Å². The lowest BCUT2D eigenvalue weighted by Crippen LogP contribution is -2.40. The standard InChI is InChI=1S/C39H50F2N2O2/c1-38(2,3)30-23-29(24-31(25-30)39(4,5)6)37(45)43-22-21-34(26-43)42(7)36(44)12-10-8-9-11-35(27-13-17-32(40)18-14-27)28-15-19-33(41)20-16-28/h13-20,23-25,34-35H,8-12,21-22,26H2,1-7H3/t34-/m1/s1. The molecule has 0 aromatic heterocycles. The molecule has 4 nitrogen and oxygen atoms in total. The Morgan fingerprint density at radius 1 is 0.800 bits per heavy atom. The van der Waals surface area contributed by atoms with E-state index in [1.54, 1.807) is 24.3 Å². The maximum absolute atomic E-state index is 13.7. The van der Waals surface area contributed by atoms with E-state index in [1.807, 2.05) is 29.0 Å². The summed E-state index contributed by atoms with van der Waals surface area (Å²) in [4.78, 5) is 30.5. The van der Waals surface area contributed by atoms with E-state index in [2.05, 4.69) is 47.6 Å². The Labute approximate surface area is 268 Å². The van der Waals surface area contributed by atoms with Gasteiger partial charge in [-0.05, 0) is 88.7 Å². The van der Waals surface area contributed by atoms with Crippen LogP contribution in [0.1, 0.15) is 119 Å². The second-order valence-corrected chi connectivity index (χ2v) is 14.8. The van der Waals surface area contributed by atoms with Crippen LogP contribution in [-0.4, -0.2) is 47.8 Å².